The van der Waals surface area contributed by atoms with Crippen molar-refractivity contribution >= 4 is 0 Å². The van der Waals surface area contributed by atoms with Gasteiger partial charge in [0.2, 0.25) is 0 Å². The lowest BCUT2D eigenvalue weighted by Gasteiger charge is -2.38. The molecule has 0 amide bonds. The Bertz CT molecular complexity index is 193. The van der Waals surface area contributed by atoms with Crippen LogP contribution in [-0.2, 0) is 0 Å². The molecule has 1 saturated heterocycles. The summed E-state index contributed by atoms with van der Waals surface area (Å²) in [6, 6.07) is 0.451. The summed E-state index contributed by atoms with van der Waals surface area (Å²) in [4.78, 5) is 2.67. The van der Waals surface area contributed by atoms with Crippen LogP contribution in [-0.4, -0.2) is 30.6 Å². The summed E-state index contributed by atoms with van der Waals surface area (Å²) in [5.41, 5.74) is 6.17. The number of nitrogens with two attached hydrogens (primary N) is 1. The molecule has 2 nitrogen and oxygen atoms in total. The fourth-order valence-corrected chi connectivity index (χ4v) is 3.01. The van der Waals surface area contributed by atoms with E-state index in [1.54, 1.807) is 0 Å². The van der Waals surface area contributed by atoms with Gasteiger partial charge in [-0.1, -0.05) is 46.5 Å². The third-order valence-corrected chi connectivity index (χ3v) is 4.46. The molecule has 0 bridgehead atoms. The quantitative estimate of drug-likeness (QED) is 0.740. The van der Waals surface area contributed by atoms with Gasteiger partial charge in [-0.2, -0.15) is 0 Å². The van der Waals surface area contributed by atoms with Crippen molar-refractivity contribution in [2.24, 2.45) is 17.6 Å². The SMILES string of the molecule is CCCCC(CC)CN1CCC(N)C(CC)C1. The summed E-state index contributed by atoms with van der Waals surface area (Å²) in [6.07, 6.45) is 7.90. The van der Waals surface area contributed by atoms with E-state index in [4.69, 9.17) is 5.73 Å². The number of rotatable bonds is 7. The Hall–Kier alpha value is -0.0800. The zero-order valence-electron chi connectivity index (χ0n) is 12.1. The van der Waals surface area contributed by atoms with Crippen LogP contribution in [0.4, 0.5) is 0 Å². The molecule has 0 aromatic carbocycles. The Morgan fingerprint density at radius 3 is 2.65 bits per heavy atom. The zero-order chi connectivity index (χ0) is 12.7. The largest absolute Gasteiger partial charge is 0.327 e. The molecular formula is C15H32N2. The predicted molar refractivity (Wildman–Crippen MR) is 76.1 cm³/mol. The van der Waals surface area contributed by atoms with Gasteiger partial charge in [-0.05, 0) is 31.2 Å². The second kappa shape index (κ2) is 8.10. The first-order valence-corrected chi connectivity index (χ1v) is 7.69. The van der Waals surface area contributed by atoms with E-state index in [0.717, 1.165) is 11.8 Å². The van der Waals surface area contributed by atoms with Crippen LogP contribution in [0.15, 0.2) is 0 Å². The van der Waals surface area contributed by atoms with Gasteiger partial charge in [-0.15, -0.1) is 0 Å². The molecule has 0 radical (unpaired) electrons. The van der Waals surface area contributed by atoms with E-state index in [-0.39, 0.29) is 0 Å². The van der Waals surface area contributed by atoms with Crippen LogP contribution in [0, 0.1) is 11.8 Å². The molecule has 3 atom stereocenters. The average molecular weight is 240 g/mol. The van der Waals surface area contributed by atoms with Crippen LogP contribution >= 0.6 is 0 Å². The Morgan fingerprint density at radius 2 is 2.06 bits per heavy atom. The van der Waals surface area contributed by atoms with Gasteiger partial charge in [-0.25, -0.2) is 0 Å². The fraction of sp³-hybridized carbons (Fsp3) is 1.00. The van der Waals surface area contributed by atoms with Crippen molar-refractivity contribution in [2.45, 2.75) is 65.3 Å². The third kappa shape index (κ3) is 4.97. The molecule has 0 saturated carbocycles. The molecule has 0 spiro atoms. The molecule has 1 aliphatic rings. The molecule has 1 heterocycles. The molecule has 1 fully saturated rings. The predicted octanol–water partition coefficient (Wildman–Crippen LogP) is 3.26. The second-order valence-corrected chi connectivity index (χ2v) is 5.80. The Labute approximate surface area is 108 Å². The Morgan fingerprint density at radius 1 is 1.29 bits per heavy atom. The maximum Gasteiger partial charge on any atom is 0.00914 e. The van der Waals surface area contributed by atoms with Crippen LogP contribution in [0.3, 0.4) is 0 Å². The molecule has 2 heteroatoms. The number of hydrogen-bond donors (Lipinski definition) is 1. The van der Waals surface area contributed by atoms with E-state index in [0.29, 0.717) is 6.04 Å². The van der Waals surface area contributed by atoms with E-state index in [1.807, 2.05) is 0 Å². The highest BCUT2D eigenvalue weighted by Crippen LogP contribution is 2.21. The molecule has 2 N–H and O–H groups in total. The summed E-state index contributed by atoms with van der Waals surface area (Å²) in [6.45, 7) is 10.7. The van der Waals surface area contributed by atoms with E-state index >= 15 is 0 Å². The maximum absolute atomic E-state index is 6.17. The van der Waals surface area contributed by atoms with Gasteiger partial charge in [0.25, 0.3) is 0 Å². The van der Waals surface area contributed by atoms with Crippen molar-refractivity contribution in [2.75, 3.05) is 19.6 Å². The van der Waals surface area contributed by atoms with E-state index in [9.17, 15) is 0 Å². The maximum atomic E-state index is 6.17. The monoisotopic (exact) mass is 240 g/mol. The van der Waals surface area contributed by atoms with Gasteiger partial charge in [0.15, 0.2) is 0 Å². The van der Waals surface area contributed by atoms with Crippen LogP contribution in [0.25, 0.3) is 0 Å². The van der Waals surface area contributed by atoms with Gasteiger partial charge < -0.3 is 10.6 Å². The smallest absolute Gasteiger partial charge is 0.00914 e. The van der Waals surface area contributed by atoms with E-state index in [1.165, 1.54) is 58.2 Å². The highest BCUT2D eigenvalue weighted by molar-refractivity contribution is 4.82. The first-order valence-electron chi connectivity index (χ1n) is 7.69. The highest BCUT2D eigenvalue weighted by atomic mass is 15.1. The number of hydrogen-bond acceptors (Lipinski definition) is 2. The van der Waals surface area contributed by atoms with Crippen LogP contribution in [0.1, 0.15) is 59.3 Å². The van der Waals surface area contributed by atoms with Crippen molar-refractivity contribution in [1.82, 2.24) is 4.90 Å². The molecule has 1 aliphatic heterocycles. The number of piperidine rings is 1. The Balaban J connectivity index is 2.34. The van der Waals surface area contributed by atoms with Gasteiger partial charge >= 0.3 is 0 Å². The molecule has 0 aliphatic carbocycles. The van der Waals surface area contributed by atoms with E-state index in [2.05, 4.69) is 25.7 Å². The first kappa shape index (κ1) is 15.0. The van der Waals surface area contributed by atoms with Crippen LogP contribution in [0.5, 0.6) is 0 Å². The molecule has 0 aromatic rings. The molecule has 1 rings (SSSR count). The van der Waals surface area contributed by atoms with Crippen molar-refractivity contribution in [1.29, 1.82) is 0 Å². The van der Waals surface area contributed by atoms with Crippen molar-refractivity contribution in [3.63, 3.8) is 0 Å². The summed E-state index contributed by atoms with van der Waals surface area (Å²) in [5, 5.41) is 0. The third-order valence-electron chi connectivity index (χ3n) is 4.46. The fourth-order valence-electron chi connectivity index (χ4n) is 3.01. The standard InChI is InChI=1S/C15H32N2/c1-4-7-8-13(5-2)11-17-10-9-15(16)14(6-3)12-17/h13-15H,4-12,16H2,1-3H3. The Kier molecular flexibility index (Phi) is 7.14. The highest BCUT2D eigenvalue weighted by Gasteiger charge is 2.26. The summed E-state index contributed by atoms with van der Waals surface area (Å²) < 4.78 is 0. The summed E-state index contributed by atoms with van der Waals surface area (Å²) >= 11 is 0. The minimum Gasteiger partial charge on any atom is -0.327 e. The van der Waals surface area contributed by atoms with Crippen LogP contribution in [0.2, 0.25) is 0 Å². The second-order valence-electron chi connectivity index (χ2n) is 5.80. The van der Waals surface area contributed by atoms with Gasteiger partial charge in [-0.3, -0.25) is 0 Å². The summed E-state index contributed by atoms with van der Waals surface area (Å²) in [7, 11) is 0. The van der Waals surface area contributed by atoms with Crippen molar-refractivity contribution < 1.29 is 0 Å². The lowest BCUT2D eigenvalue weighted by atomic mass is 9.89. The minimum absolute atomic E-state index is 0.451. The molecule has 102 valence electrons. The van der Waals surface area contributed by atoms with Gasteiger partial charge in [0, 0.05) is 19.1 Å². The van der Waals surface area contributed by atoms with Crippen molar-refractivity contribution in [3.8, 4) is 0 Å². The minimum atomic E-state index is 0.451. The van der Waals surface area contributed by atoms with Crippen molar-refractivity contribution in [3.05, 3.63) is 0 Å². The van der Waals surface area contributed by atoms with Gasteiger partial charge in [0.05, 0.1) is 0 Å². The molecule has 0 aromatic heterocycles. The van der Waals surface area contributed by atoms with E-state index < -0.39 is 0 Å². The topological polar surface area (TPSA) is 29.3 Å². The number of nitrogens with zero attached hydrogens (tertiary/aromatic N) is 1. The summed E-state index contributed by atoms with van der Waals surface area (Å²) in [5.74, 6) is 1.63. The first-order chi connectivity index (χ1) is 8.21. The van der Waals surface area contributed by atoms with Crippen LogP contribution < -0.4 is 5.73 Å². The number of likely N-dealkylation sites (tertiary alicyclic amines) is 1. The molecule has 3 unspecified atom stereocenters. The molecular weight excluding hydrogens is 208 g/mol. The molecule has 17 heavy (non-hydrogen) atoms. The normalized spacial score (nSPS) is 28.2. The number of unbranched alkanes of at least 4 members (excludes halogenated alkanes) is 1. The van der Waals surface area contributed by atoms with Gasteiger partial charge in [0.1, 0.15) is 0 Å². The lowest BCUT2D eigenvalue weighted by Crippen LogP contribution is -2.48. The average Bonchev–Trinajstić information content (AvgIpc) is 2.36. The lowest BCUT2D eigenvalue weighted by molar-refractivity contribution is 0.128. The zero-order valence-corrected chi connectivity index (χ0v) is 12.1.